The van der Waals surface area contributed by atoms with Crippen molar-refractivity contribution in [1.29, 1.82) is 0 Å². The Bertz CT molecular complexity index is 1360. The highest BCUT2D eigenvalue weighted by molar-refractivity contribution is 7.09. The fourth-order valence-electron chi connectivity index (χ4n) is 3.26. The number of carbonyl (C=O) groups excluding carboxylic acids is 3. The highest BCUT2D eigenvalue weighted by atomic mass is 32.1. The van der Waals surface area contributed by atoms with E-state index < -0.39 is 35.3 Å². The van der Waals surface area contributed by atoms with Crippen molar-refractivity contribution >= 4 is 28.9 Å². The molecular weight excluding hydrogens is 492 g/mol. The molecule has 36 heavy (non-hydrogen) atoms. The molecule has 2 amide bonds. The van der Waals surface area contributed by atoms with Gasteiger partial charge in [0.2, 0.25) is 11.7 Å². The maximum atomic E-state index is 13.5. The fourth-order valence-corrected chi connectivity index (χ4v) is 3.82. The zero-order valence-electron chi connectivity index (χ0n) is 18.6. The first kappa shape index (κ1) is 24.8. The number of hydrogen-bond acceptors (Lipinski definition) is 8. The second kappa shape index (κ2) is 11.4. The van der Waals surface area contributed by atoms with Crippen LogP contribution in [0.3, 0.4) is 0 Å². The Kier molecular flexibility index (Phi) is 7.85. The number of nitrogens with zero attached hydrogens (tertiary/aromatic N) is 3. The summed E-state index contributed by atoms with van der Waals surface area (Å²) in [5, 5.41) is 11.1. The second-order valence-electron chi connectivity index (χ2n) is 7.60. The summed E-state index contributed by atoms with van der Waals surface area (Å²) in [5.74, 6) is -4.55. The number of hydrogen-bond donors (Lipinski definition) is 2. The first-order valence-corrected chi connectivity index (χ1v) is 11.6. The summed E-state index contributed by atoms with van der Waals surface area (Å²) in [6.45, 7) is 0.0872. The summed E-state index contributed by atoms with van der Waals surface area (Å²) in [6.07, 6.45) is 1.30. The van der Waals surface area contributed by atoms with Crippen LogP contribution >= 0.6 is 11.3 Å². The van der Waals surface area contributed by atoms with E-state index in [0.717, 1.165) is 17.7 Å². The molecule has 0 aliphatic heterocycles. The van der Waals surface area contributed by atoms with Crippen LogP contribution in [-0.4, -0.2) is 38.8 Å². The number of thiazole rings is 1. The Morgan fingerprint density at radius 3 is 2.58 bits per heavy atom. The molecule has 0 saturated heterocycles. The van der Waals surface area contributed by atoms with Crippen LogP contribution in [0.4, 0.5) is 8.78 Å². The van der Waals surface area contributed by atoms with Gasteiger partial charge in [-0.1, -0.05) is 35.5 Å². The lowest BCUT2D eigenvalue weighted by Crippen LogP contribution is -2.49. The van der Waals surface area contributed by atoms with Gasteiger partial charge in [0, 0.05) is 23.6 Å². The summed E-state index contributed by atoms with van der Waals surface area (Å²) < 4.78 is 31.7. The van der Waals surface area contributed by atoms with E-state index in [1.165, 1.54) is 17.4 Å². The number of Topliss-reactive ketones (excluding diaryl/α,β-unsaturated/α-hetero) is 1. The average Bonchev–Trinajstić information content (AvgIpc) is 3.56. The minimum absolute atomic E-state index is 0.0358. The third-order valence-corrected chi connectivity index (χ3v) is 5.77. The van der Waals surface area contributed by atoms with E-state index in [1.54, 1.807) is 41.9 Å². The van der Waals surface area contributed by atoms with Crippen molar-refractivity contribution in [3.63, 3.8) is 0 Å². The predicted octanol–water partition coefficient (Wildman–Crippen LogP) is 2.63. The van der Waals surface area contributed by atoms with E-state index in [-0.39, 0.29) is 36.7 Å². The largest absolute Gasteiger partial charge is 0.345 e. The van der Waals surface area contributed by atoms with Gasteiger partial charge in [-0.3, -0.25) is 14.4 Å². The zero-order valence-corrected chi connectivity index (χ0v) is 19.4. The third-order valence-electron chi connectivity index (χ3n) is 5.00. The highest BCUT2D eigenvalue weighted by Crippen LogP contribution is 2.20. The van der Waals surface area contributed by atoms with Crippen molar-refractivity contribution in [2.75, 3.05) is 0 Å². The first-order chi connectivity index (χ1) is 17.4. The lowest BCUT2D eigenvalue weighted by atomic mass is 10.0. The van der Waals surface area contributed by atoms with Gasteiger partial charge in [0.05, 0.1) is 13.0 Å². The molecule has 2 aromatic heterocycles. The number of aromatic nitrogens is 3. The van der Waals surface area contributed by atoms with Gasteiger partial charge >= 0.3 is 0 Å². The summed E-state index contributed by atoms with van der Waals surface area (Å²) in [4.78, 5) is 46.1. The van der Waals surface area contributed by atoms with Crippen molar-refractivity contribution < 1.29 is 27.7 Å². The van der Waals surface area contributed by atoms with Crippen LogP contribution in [0.15, 0.2) is 64.6 Å². The Morgan fingerprint density at radius 2 is 1.86 bits per heavy atom. The van der Waals surface area contributed by atoms with E-state index in [0.29, 0.717) is 5.01 Å². The van der Waals surface area contributed by atoms with Gasteiger partial charge in [-0.2, -0.15) is 4.98 Å². The first-order valence-electron chi connectivity index (χ1n) is 10.7. The van der Waals surface area contributed by atoms with Gasteiger partial charge in [-0.25, -0.2) is 13.8 Å². The Balaban J connectivity index is 1.43. The summed E-state index contributed by atoms with van der Waals surface area (Å²) in [5.41, 5.74) is 0.881. The topological polar surface area (TPSA) is 127 Å². The highest BCUT2D eigenvalue weighted by Gasteiger charge is 2.28. The van der Waals surface area contributed by atoms with Crippen LogP contribution in [0.2, 0.25) is 0 Å². The normalized spacial score (nSPS) is 11.6. The Labute approximate surface area is 207 Å². The summed E-state index contributed by atoms with van der Waals surface area (Å²) in [7, 11) is 0. The van der Waals surface area contributed by atoms with Crippen LogP contribution in [0.1, 0.15) is 16.4 Å². The van der Waals surface area contributed by atoms with Crippen LogP contribution in [0.5, 0.6) is 0 Å². The molecule has 0 bridgehead atoms. The van der Waals surface area contributed by atoms with E-state index in [2.05, 4.69) is 25.8 Å². The van der Waals surface area contributed by atoms with E-state index in [9.17, 15) is 23.2 Å². The fraction of sp³-hybridized carbons (Fsp3) is 0.167. The molecule has 0 aliphatic rings. The van der Waals surface area contributed by atoms with Crippen LogP contribution < -0.4 is 10.6 Å². The van der Waals surface area contributed by atoms with Crippen LogP contribution in [-0.2, 0) is 33.8 Å². The SMILES string of the molecule is O=C(Cc1noc(-c2ccc(F)c(F)c2)n1)N[C@H](Cc1ccccc1)C(=O)C(=O)NCc1nccs1. The smallest absolute Gasteiger partial charge is 0.289 e. The van der Waals surface area contributed by atoms with E-state index in [1.807, 2.05) is 0 Å². The molecule has 0 unspecified atom stereocenters. The molecule has 2 aromatic carbocycles. The molecule has 0 spiro atoms. The Morgan fingerprint density at radius 1 is 1.06 bits per heavy atom. The average molecular weight is 512 g/mol. The van der Waals surface area contributed by atoms with Gasteiger partial charge in [0.1, 0.15) is 11.0 Å². The van der Waals surface area contributed by atoms with Gasteiger partial charge in [-0.15, -0.1) is 11.3 Å². The maximum Gasteiger partial charge on any atom is 0.289 e. The quantitative estimate of drug-likeness (QED) is 0.313. The summed E-state index contributed by atoms with van der Waals surface area (Å²) in [6, 6.07) is 10.8. The van der Waals surface area contributed by atoms with Gasteiger partial charge in [0.25, 0.3) is 11.8 Å². The molecule has 0 radical (unpaired) electrons. The summed E-state index contributed by atoms with van der Waals surface area (Å²) >= 11 is 1.33. The van der Waals surface area contributed by atoms with Crippen molar-refractivity contribution in [2.45, 2.75) is 25.4 Å². The monoisotopic (exact) mass is 511 g/mol. The second-order valence-corrected chi connectivity index (χ2v) is 8.58. The van der Waals surface area contributed by atoms with Gasteiger partial charge in [-0.05, 0) is 23.8 Å². The number of carbonyl (C=O) groups is 3. The van der Waals surface area contributed by atoms with Gasteiger partial charge in [0.15, 0.2) is 17.5 Å². The van der Waals surface area contributed by atoms with Crippen molar-refractivity contribution in [1.82, 2.24) is 25.8 Å². The third kappa shape index (κ3) is 6.42. The minimum atomic E-state index is -1.14. The Hall–Kier alpha value is -4.32. The van der Waals surface area contributed by atoms with Crippen LogP contribution in [0.25, 0.3) is 11.5 Å². The molecule has 4 aromatic rings. The van der Waals surface area contributed by atoms with E-state index >= 15 is 0 Å². The minimum Gasteiger partial charge on any atom is -0.345 e. The standard InChI is InChI=1S/C24H19F2N5O4S/c25-16-7-6-15(11-17(16)26)24-30-19(31-35-24)12-20(32)29-18(10-14-4-2-1-3-5-14)22(33)23(34)28-13-21-27-8-9-36-21/h1-9,11,18H,10,12-13H2,(H,28,34)(H,29,32)/t18-/m1/s1. The maximum absolute atomic E-state index is 13.5. The van der Waals surface area contributed by atoms with Crippen LogP contribution in [0, 0.1) is 11.6 Å². The zero-order chi connectivity index (χ0) is 25.5. The molecule has 1 atom stereocenters. The molecular formula is C24H19F2N5O4S. The predicted molar refractivity (Wildman–Crippen MR) is 124 cm³/mol. The van der Waals surface area contributed by atoms with Crippen molar-refractivity contribution in [2.24, 2.45) is 0 Å². The molecule has 0 fully saturated rings. The van der Waals surface area contributed by atoms with E-state index in [4.69, 9.17) is 4.52 Å². The van der Waals surface area contributed by atoms with Gasteiger partial charge < -0.3 is 15.2 Å². The number of nitrogens with one attached hydrogen (secondary N) is 2. The lowest BCUT2D eigenvalue weighted by molar-refractivity contribution is -0.140. The number of rotatable bonds is 10. The van der Waals surface area contributed by atoms with Crippen molar-refractivity contribution in [3.8, 4) is 11.5 Å². The molecule has 4 rings (SSSR count). The van der Waals surface area contributed by atoms with Crippen molar-refractivity contribution in [3.05, 3.63) is 88.1 Å². The number of ketones is 1. The molecule has 2 N–H and O–H groups in total. The molecule has 184 valence electrons. The molecule has 0 saturated carbocycles. The molecule has 2 heterocycles. The molecule has 12 heteroatoms. The lowest BCUT2D eigenvalue weighted by Gasteiger charge is -2.17. The number of benzene rings is 2. The molecule has 0 aliphatic carbocycles. The number of amides is 2. The number of halogens is 2. The molecule has 9 nitrogen and oxygen atoms in total.